The van der Waals surface area contributed by atoms with E-state index in [0.29, 0.717) is 51.5 Å². The van der Waals surface area contributed by atoms with Gasteiger partial charge in [-0.2, -0.15) is 0 Å². The highest BCUT2D eigenvalue weighted by molar-refractivity contribution is 5.90. The molecule has 0 bridgehead atoms. The third kappa shape index (κ3) is 4.20. The second-order valence-corrected chi connectivity index (χ2v) is 8.77. The fourth-order valence-corrected chi connectivity index (χ4v) is 4.40. The van der Waals surface area contributed by atoms with Crippen LogP contribution in [-0.2, 0) is 4.79 Å². The highest BCUT2D eigenvalue weighted by Crippen LogP contribution is 2.44. The summed E-state index contributed by atoms with van der Waals surface area (Å²) < 4.78 is 22.9. The van der Waals surface area contributed by atoms with E-state index in [1.807, 2.05) is 19.1 Å². The Hall–Kier alpha value is -4.52. The topological polar surface area (TPSA) is 95.2 Å². The Morgan fingerprint density at radius 1 is 1.08 bits per heavy atom. The van der Waals surface area contributed by atoms with Crippen LogP contribution in [0.5, 0.6) is 23.0 Å². The summed E-state index contributed by atoms with van der Waals surface area (Å²) in [5.74, 6) is 0.740. The SMILES string of the molecule is C=C(C)COc1ccc([C@@H]2CC(=O)Oc3ccc4c(=O)c(-c5ccc(O)cc5)coc4c32)cc1OC. The van der Waals surface area contributed by atoms with Crippen molar-refractivity contribution >= 4 is 16.9 Å². The largest absolute Gasteiger partial charge is 0.508 e. The molecule has 0 fully saturated rings. The standard InChI is InChI=1S/C29H24O7/c1-16(2)14-34-23-10-6-18(12-25(23)33-3)21-13-26(31)36-24-11-9-20-28(32)22(15-35-29(20)27(21)24)17-4-7-19(30)8-5-17/h4-12,15,21,30H,1,13-14H2,2-3H3/t21-/m0/s1. The fourth-order valence-electron chi connectivity index (χ4n) is 4.40. The Balaban J connectivity index is 1.63. The van der Waals surface area contributed by atoms with Gasteiger partial charge in [-0.1, -0.05) is 24.8 Å². The highest BCUT2D eigenvalue weighted by Gasteiger charge is 2.32. The van der Waals surface area contributed by atoms with Crippen molar-refractivity contribution in [2.24, 2.45) is 0 Å². The van der Waals surface area contributed by atoms with Gasteiger partial charge in [-0.05, 0) is 60.0 Å². The molecule has 5 rings (SSSR count). The molecule has 0 saturated heterocycles. The number of ether oxygens (including phenoxy) is 3. The van der Waals surface area contributed by atoms with Gasteiger partial charge in [-0.15, -0.1) is 0 Å². The van der Waals surface area contributed by atoms with Crippen molar-refractivity contribution in [1.29, 1.82) is 0 Å². The Kier molecular flexibility index (Phi) is 5.98. The first-order valence-electron chi connectivity index (χ1n) is 11.4. The molecule has 1 aliphatic heterocycles. The highest BCUT2D eigenvalue weighted by atomic mass is 16.5. The molecule has 4 aromatic rings. The normalized spacial score (nSPS) is 14.7. The smallest absolute Gasteiger partial charge is 0.312 e. The van der Waals surface area contributed by atoms with Gasteiger partial charge in [0.05, 0.1) is 24.5 Å². The minimum atomic E-state index is -0.420. The Morgan fingerprint density at radius 3 is 2.58 bits per heavy atom. The molecule has 0 unspecified atom stereocenters. The summed E-state index contributed by atoms with van der Waals surface area (Å²) in [6.07, 6.45) is 1.48. The molecule has 1 aliphatic rings. The number of phenols is 1. The van der Waals surface area contributed by atoms with Crippen LogP contribution in [0.25, 0.3) is 22.1 Å². The Bertz CT molecular complexity index is 1550. The van der Waals surface area contributed by atoms with Crippen LogP contribution in [0.15, 0.2) is 82.2 Å². The number of carbonyl (C=O) groups is 1. The van der Waals surface area contributed by atoms with E-state index in [1.165, 1.54) is 18.4 Å². The molecule has 0 spiro atoms. The molecule has 182 valence electrons. The van der Waals surface area contributed by atoms with E-state index in [2.05, 4.69) is 6.58 Å². The molecule has 36 heavy (non-hydrogen) atoms. The molecule has 1 atom stereocenters. The van der Waals surface area contributed by atoms with E-state index in [4.69, 9.17) is 18.6 Å². The number of rotatable bonds is 6. The number of esters is 1. The first-order chi connectivity index (χ1) is 17.4. The zero-order valence-electron chi connectivity index (χ0n) is 19.9. The zero-order chi connectivity index (χ0) is 25.4. The van der Waals surface area contributed by atoms with E-state index in [-0.39, 0.29) is 23.6 Å². The third-order valence-electron chi connectivity index (χ3n) is 6.13. The van der Waals surface area contributed by atoms with Crippen molar-refractivity contribution < 1.29 is 28.5 Å². The quantitative estimate of drug-likeness (QED) is 0.217. The van der Waals surface area contributed by atoms with Gasteiger partial charge < -0.3 is 23.7 Å². The number of benzene rings is 3. The first kappa shape index (κ1) is 23.2. The van der Waals surface area contributed by atoms with Gasteiger partial charge in [-0.25, -0.2) is 0 Å². The van der Waals surface area contributed by atoms with E-state index in [9.17, 15) is 14.7 Å². The molecule has 1 aromatic heterocycles. The number of methoxy groups -OCH3 is 1. The Labute approximate surface area is 207 Å². The van der Waals surface area contributed by atoms with E-state index >= 15 is 0 Å². The van der Waals surface area contributed by atoms with Crippen LogP contribution in [0, 0.1) is 0 Å². The second kappa shape index (κ2) is 9.26. The average Bonchev–Trinajstić information content (AvgIpc) is 2.87. The predicted octanol–water partition coefficient (Wildman–Crippen LogP) is 5.57. The van der Waals surface area contributed by atoms with Crippen molar-refractivity contribution in [2.75, 3.05) is 13.7 Å². The molecule has 1 N–H and O–H groups in total. The van der Waals surface area contributed by atoms with E-state index in [0.717, 1.165) is 11.1 Å². The van der Waals surface area contributed by atoms with Gasteiger partial charge in [0, 0.05) is 11.5 Å². The molecule has 3 aromatic carbocycles. The van der Waals surface area contributed by atoms with Crippen LogP contribution in [0.3, 0.4) is 0 Å². The lowest BCUT2D eigenvalue weighted by molar-refractivity contribution is -0.135. The van der Waals surface area contributed by atoms with Gasteiger partial charge in [0.15, 0.2) is 11.5 Å². The maximum absolute atomic E-state index is 13.4. The van der Waals surface area contributed by atoms with Crippen LogP contribution < -0.4 is 19.6 Å². The molecule has 0 radical (unpaired) electrons. The minimum Gasteiger partial charge on any atom is -0.508 e. The molecule has 0 amide bonds. The van der Waals surface area contributed by atoms with Crippen molar-refractivity contribution in [2.45, 2.75) is 19.3 Å². The molecule has 2 heterocycles. The molecular formula is C29H24O7. The number of hydrogen-bond acceptors (Lipinski definition) is 7. The van der Waals surface area contributed by atoms with E-state index in [1.54, 1.807) is 37.4 Å². The van der Waals surface area contributed by atoms with Gasteiger partial charge in [0.2, 0.25) is 5.43 Å². The van der Waals surface area contributed by atoms with Crippen molar-refractivity contribution in [3.8, 4) is 34.1 Å². The van der Waals surface area contributed by atoms with Crippen molar-refractivity contribution in [1.82, 2.24) is 0 Å². The average molecular weight is 485 g/mol. The first-order valence-corrected chi connectivity index (χ1v) is 11.4. The lowest BCUT2D eigenvalue weighted by Gasteiger charge is -2.26. The summed E-state index contributed by atoms with van der Waals surface area (Å²) in [7, 11) is 1.55. The summed E-state index contributed by atoms with van der Waals surface area (Å²) in [6.45, 7) is 6.08. The number of carbonyl (C=O) groups excluding carboxylic acids is 1. The summed E-state index contributed by atoms with van der Waals surface area (Å²) in [6, 6.07) is 15.0. The molecular weight excluding hydrogens is 460 g/mol. The lowest BCUT2D eigenvalue weighted by Crippen LogP contribution is -2.22. The molecule has 7 nitrogen and oxygen atoms in total. The second-order valence-electron chi connectivity index (χ2n) is 8.77. The molecule has 0 aliphatic carbocycles. The van der Waals surface area contributed by atoms with Crippen molar-refractivity contribution in [3.63, 3.8) is 0 Å². The van der Waals surface area contributed by atoms with Gasteiger partial charge in [0.25, 0.3) is 0 Å². The van der Waals surface area contributed by atoms with E-state index < -0.39 is 5.92 Å². The van der Waals surface area contributed by atoms with Gasteiger partial charge in [-0.3, -0.25) is 9.59 Å². The van der Waals surface area contributed by atoms with Crippen LogP contribution in [0.4, 0.5) is 0 Å². The van der Waals surface area contributed by atoms with Crippen LogP contribution in [0.2, 0.25) is 0 Å². The maximum Gasteiger partial charge on any atom is 0.312 e. The number of fused-ring (bicyclic) bond motifs is 3. The monoisotopic (exact) mass is 484 g/mol. The van der Waals surface area contributed by atoms with Crippen LogP contribution in [0.1, 0.15) is 30.4 Å². The Morgan fingerprint density at radius 2 is 1.86 bits per heavy atom. The van der Waals surface area contributed by atoms with Crippen LogP contribution >= 0.6 is 0 Å². The minimum absolute atomic E-state index is 0.0741. The van der Waals surface area contributed by atoms with Gasteiger partial charge >= 0.3 is 5.97 Å². The number of phenolic OH excluding ortho intramolecular Hbond substituents is 1. The number of hydrogen-bond donors (Lipinski definition) is 1. The summed E-state index contributed by atoms with van der Waals surface area (Å²) in [4.78, 5) is 25.9. The fraction of sp³-hybridized carbons (Fsp3) is 0.172. The predicted molar refractivity (Wildman–Crippen MR) is 135 cm³/mol. The maximum atomic E-state index is 13.4. The molecule has 7 heteroatoms. The summed E-state index contributed by atoms with van der Waals surface area (Å²) in [5, 5.41) is 9.95. The summed E-state index contributed by atoms with van der Waals surface area (Å²) >= 11 is 0. The lowest BCUT2D eigenvalue weighted by atomic mass is 9.85. The molecule has 0 saturated carbocycles. The number of aromatic hydroxyl groups is 1. The van der Waals surface area contributed by atoms with Gasteiger partial charge in [0.1, 0.15) is 30.0 Å². The van der Waals surface area contributed by atoms with Crippen molar-refractivity contribution in [3.05, 3.63) is 94.4 Å². The zero-order valence-corrected chi connectivity index (χ0v) is 19.9. The summed E-state index contributed by atoms with van der Waals surface area (Å²) in [5.41, 5.74) is 3.43. The third-order valence-corrected chi connectivity index (χ3v) is 6.13. The van der Waals surface area contributed by atoms with Crippen LogP contribution in [-0.4, -0.2) is 24.8 Å².